The summed E-state index contributed by atoms with van der Waals surface area (Å²) >= 11 is 0. The second-order valence-electron chi connectivity index (χ2n) is 5.36. The highest BCUT2D eigenvalue weighted by molar-refractivity contribution is 5.76. The van der Waals surface area contributed by atoms with E-state index in [-0.39, 0.29) is 0 Å². The molecule has 1 saturated heterocycles. The fraction of sp³-hybridized carbons (Fsp3) is 0.250. The molecule has 5 nitrogen and oxygen atoms in total. The quantitative estimate of drug-likeness (QED) is 0.783. The van der Waals surface area contributed by atoms with Gasteiger partial charge in [0.1, 0.15) is 5.52 Å². The highest BCUT2D eigenvalue weighted by atomic mass is 15.2. The molecule has 0 atom stereocenters. The SMILES string of the molecule is Nc1nc2cccnc2n1-c1ccc(N2CCCC2)cc1. The number of imidazole rings is 1. The second-order valence-corrected chi connectivity index (χ2v) is 5.36. The van der Waals surface area contributed by atoms with Crippen molar-refractivity contribution in [1.82, 2.24) is 14.5 Å². The first-order valence-corrected chi connectivity index (χ1v) is 7.27. The Bertz CT molecular complexity index is 769. The molecule has 1 aromatic carbocycles. The van der Waals surface area contributed by atoms with Crippen LogP contribution in [0.4, 0.5) is 11.6 Å². The van der Waals surface area contributed by atoms with Gasteiger partial charge >= 0.3 is 0 Å². The molecule has 21 heavy (non-hydrogen) atoms. The van der Waals surface area contributed by atoms with Gasteiger partial charge in [0.15, 0.2) is 5.65 Å². The third kappa shape index (κ3) is 2.01. The minimum atomic E-state index is 0.470. The van der Waals surface area contributed by atoms with Gasteiger partial charge in [-0.2, -0.15) is 0 Å². The zero-order valence-electron chi connectivity index (χ0n) is 11.7. The molecule has 2 aromatic heterocycles. The van der Waals surface area contributed by atoms with Gasteiger partial charge in [-0.1, -0.05) is 0 Å². The predicted molar refractivity (Wildman–Crippen MR) is 84.7 cm³/mol. The molecule has 4 rings (SSSR count). The molecule has 5 heteroatoms. The van der Waals surface area contributed by atoms with Crippen LogP contribution in [-0.2, 0) is 0 Å². The first kappa shape index (κ1) is 12.2. The predicted octanol–water partition coefficient (Wildman–Crippen LogP) is 2.60. The van der Waals surface area contributed by atoms with Crippen molar-refractivity contribution in [2.75, 3.05) is 23.7 Å². The van der Waals surface area contributed by atoms with Crippen molar-refractivity contribution in [1.29, 1.82) is 0 Å². The Hall–Kier alpha value is -2.56. The first-order chi connectivity index (χ1) is 10.3. The molecule has 1 aliphatic rings. The Labute approximate surface area is 123 Å². The summed E-state index contributed by atoms with van der Waals surface area (Å²) in [6.07, 6.45) is 4.33. The third-order valence-electron chi connectivity index (χ3n) is 4.02. The number of pyridine rings is 1. The Morgan fingerprint density at radius 3 is 2.43 bits per heavy atom. The number of anilines is 2. The summed E-state index contributed by atoms with van der Waals surface area (Å²) < 4.78 is 1.89. The van der Waals surface area contributed by atoms with E-state index < -0.39 is 0 Å². The molecule has 0 radical (unpaired) electrons. The van der Waals surface area contributed by atoms with E-state index in [9.17, 15) is 0 Å². The van der Waals surface area contributed by atoms with Crippen LogP contribution in [0.5, 0.6) is 0 Å². The molecule has 0 aliphatic carbocycles. The van der Waals surface area contributed by atoms with Gasteiger partial charge in [-0.05, 0) is 49.2 Å². The fourth-order valence-electron chi connectivity index (χ4n) is 2.97. The molecular weight excluding hydrogens is 262 g/mol. The van der Waals surface area contributed by atoms with Gasteiger partial charge in [0.2, 0.25) is 5.95 Å². The number of nitrogens with two attached hydrogens (primary N) is 1. The number of aromatic nitrogens is 3. The van der Waals surface area contributed by atoms with Crippen LogP contribution in [0, 0.1) is 0 Å². The average Bonchev–Trinajstić information content (AvgIpc) is 3.14. The van der Waals surface area contributed by atoms with Crippen molar-refractivity contribution in [3.8, 4) is 5.69 Å². The van der Waals surface area contributed by atoms with Crippen LogP contribution in [0.15, 0.2) is 42.6 Å². The Morgan fingerprint density at radius 2 is 1.67 bits per heavy atom. The van der Waals surface area contributed by atoms with E-state index >= 15 is 0 Å². The van der Waals surface area contributed by atoms with Crippen molar-refractivity contribution in [2.24, 2.45) is 0 Å². The maximum absolute atomic E-state index is 6.05. The maximum atomic E-state index is 6.05. The summed E-state index contributed by atoms with van der Waals surface area (Å²) in [6, 6.07) is 12.3. The molecule has 106 valence electrons. The van der Waals surface area contributed by atoms with Gasteiger partial charge in [-0.25, -0.2) is 9.97 Å². The molecule has 0 spiro atoms. The van der Waals surface area contributed by atoms with E-state index in [2.05, 4.69) is 39.1 Å². The van der Waals surface area contributed by atoms with E-state index in [4.69, 9.17) is 5.73 Å². The lowest BCUT2D eigenvalue weighted by molar-refractivity contribution is 0.949. The largest absolute Gasteiger partial charge is 0.372 e. The van der Waals surface area contributed by atoms with Crippen LogP contribution in [0.1, 0.15) is 12.8 Å². The van der Waals surface area contributed by atoms with Gasteiger partial charge in [-0.3, -0.25) is 4.57 Å². The van der Waals surface area contributed by atoms with Gasteiger partial charge in [0.25, 0.3) is 0 Å². The normalized spacial score (nSPS) is 15.0. The zero-order valence-corrected chi connectivity index (χ0v) is 11.7. The van der Waals surface area contributed by atoms with E-state index in [0.29, 0.717) is 5.95 Å². The second kappa shape index (κ2) is 4.77. The smallest absolute Gasteiger partial charge is 0.207 e. The van der Waals surface area contributed by atoms with Gasteiger partial charge in [0.05, 0.1) is 5.69 Å². The third-order valence-corrected chi connectivity index (χ3v) is 4.02. The summed E-state index contributed by atoms with van der Waals surface area (Å²) in [5.41, 5.74) is 9.93. The number of benzene rings is 1. The van der Waals surface area contributed by atoms with Crippen LogP contribution in [-0.4, -0.2) is 27.6 Å². The molecule has 0 amide bonds. The Balaban J connectivity index is 1.76. The summed E-state index contributed by atoms with van der Waals surface area (Å²) in [4.78, 5) is 11.2. The Kier molecular flexibility index (Phi) is 2.77. The first-order valence-electron chi connectivity index (χ1n) is 7.27. The number of hydrogen-bond acceptors (Lipinski definition) is 4. The molecule has 0 saturated carbocycles. The van der Waals surface area contributed by atoms with E-state index in [0.717, 1.165) is 29.9 Å². The summed E-state index contributed by atoms with van der Waals surface area (Å²) in [5, 5.41) is 0. The number of nitrogens with zero attached hydrogens (tertiary/aromatic N) is 4. The average molecular weight is 279 g/mol. The molecular formula is C16H17N5. The molecule has 3 heterocycles. The van der Waals surface area contributed by atoms with Crippen LogP contribution in [0.3, 0.4) is 0 Å². The number of nitrogen functional groups attached to an aromatic ring is 1. The highest BCUT2D eigenvalue weighted by Crippen LogP contribution is 2.25. The topological polar surface area (TPSA) is 60.0 Å². The lowest BCUT2D eigenvalue weighted by atomic mass is 10.2. The van der Waals surface area contributed by atoms with Crippen LogP contribution in [0.25, 0.3) is 16.9 Å². The summed E-state index contributed by atoms with van der Waals surface area (Å²) in [6.45, 7) is 2.30. The van der Waals surface area contributed by atoms with E-state index in [1.807, 2.05) is 16.7 Å². The maximum Gasteiger partial charge on any atom is 0.207 e. The van der Waals surface area contributed by atoms with Crippen LogP contribution < -0.4 is 10.6 Å². The van der Waals surface area contributed by atoms with Crippen molar-refractivity contribution >= 4 is 22.8 Å². The molecule has 2 N–H and O–H groups in total. The van der Waals surface area contributed by atoms with Crippen molar-refractivity contribution in [3.63, 3.8) is 0 Å². The lowest BCUT2D eigenvalue weighted by Gasteiger charge is -2.18. The van der Waals surface area contributed by atoms with Gasteiger partial charge in [0, 0.05) is 25.0 Å². The standard InChI is InChI=1S/C16H17N5/c17-16-19-14-4-3-9-18-15(14)21(16)13-7-5-12(6-8-13)20-10-1-2-11-20/h3-9H,1-2,10-11H2,(H2,17,19). The monoisotopic (exact) mass is 279 g/mol. The zero-order chi connectivity index (χ0) is 14.2. The minimum Gasteiger partial charge on any atom is -0.372 e. The Morgan fingerprint density at radius 1 is 0.952 bits per heavy atom. The molecule has 0 bridgehead atoms. The number of hydrogen-bond donors (Lipinski definition) is 1. The summed E-state index contributed by atoms with van der Waals surface area (Å²) in [5.74, 6) is 0.470. The van der Waals surface area contributed by atoms with Crippen molar-refractivity contribution < 1.29 is 0 Å². The van der Waals surface area contributed by atoms with Gasteiger partial charge in [-0.15, -0.1) is 0 Å². The fourth-order valence-corrected chi connectivity index (χ4v) is 2.97. The number of rotatable bonds is 2. The summed E-state index contributed by atoms with van der Waals surface area (Å²) in [7, 11) is 0. The van der Waals surface area contributed by atoms with E-state index in [1.54, 1.807) is 6.20 Å². The minimum absolute atomic E-state index is 0.470. The molecule has 1 aliphatic heterocycles. The van der Waals surface area contributed by atoms with Gasteiger partial charge < -0.3 is 10.6 Å². The highest BCUT2D eigenvalue weighted by Gasteiger charge is 2.14. The molecule has 1 fully saturated rings. The molecule has 0 unspecified atom stereocenters. The number of fused-ring (bicyclic) bond motifs is 1. The van der Waals surface area contributed by atoms with Crippen molar-refractivity contribution in [3.05, 3.63) is 42.6 Å². The van der Waals surface area contributed by atoms with E-state index in [1.165, 1.54) is 18.5 Å². The van der Waals surface area contributed by atoms with Crippen molar-refractivity contribution in [2.45, 2.75) is 12.8 Å². The molecule has 3 aromatic rings. The van der Waals surface area contributed by atoms with Crippen LogP contribution >= 0.6 is 0 Å². The van der Waals surface area contributed by atoms with Crippen LogP contribution in [0.2, 0.25) is 0 Å². The lowest BCUT2D eigenvalue weighted by Crippen LogP contribution is -2.17.